The molecule has 0 aliphatic rings. The van der Waals surface area contributed by atoms with Crippen LogP contribution in [0.5, 0.6) is 5.75 Å². The first-order valence-electron chi connectivity index (χ1n) is 20.1. The fourth-order valence-corrected chi connectivity index (χ4v) is 8.06. The van der Waals surface area contributed by atoms with E-state index in [2.05, 4.69) is 161 Å². The van der Waals surface area contributed by atoms with Gasteiger partial charge in [-0.2, -0.15) is 0 Å². The largest absolute Gasteiger partial charge is 0.504 e. The topological polar surface area (TPSA) is 50.9 Å². The summed E-state index contributed by atoms with van der Waals surface area (Å²) in [6.07, 6.45) is 1.88. The average molecular weight is 772 g/mol. The van der Waals surface area contributed by atoms with Gasteiger partial charge < -0.3 is 9.67 Å². The highest BCUT2D eigenvalue weighted by Crippen LogP contribution is 2.41. The van der Waals surface area contributed by atoms with E-state index in [0.717, 1.165) is 55.8 Å². The van der Waals surface area contributed by atoms with Crippen LogP contribution in [0.4, 0.5) is 4.39 Å². The van der Waals surface area contributed by atoms with Gasteiger partial charge in [-0.1, -0.05) is 139 Å². The van der Waals surface area contributed by atoms with Crippen molar-refractivity contribution >= 4 is 21.8 Å². The van der Waals surface area contributed by atoms with Crippen LogP contribution in [0.25, 0.3) is 83.5 Å². The molecule has 5 heteroatoms. The van der Waals surface area contributed by atoms with E-state index in [0.29, 0.717) is 17.0 Å². The minimum absolute atomic E-state index is 0.0883. The van der Waals surface area contributed by atoms with E-state index in [-0.39, 0.29) is 10.8 Å². The minimum atomic E-state index is -0.686. The molecule has 0 fully saturated rings. The van der Waals surface area contributed by atoms with Gasteiger partial charge >= 0.3 is 0 Å². The second kappa shape index (κ2) is 14.5. The molecule has 9 rings (SSSR count). The molecule has 290 valence electrons. The van der Waals surface area contributed by atoms with Crippen LogP contribution in [0.15, 0.2) is 164 Å². The number of fused-ring (bicyclic) bond motifs is 3. The molecule has 0 aliphatic heterocycles. The summed E-state index contributed by atoms with van der Waals surface area (Å²) in [4.78, 5) is 9.98. The van der Waals surface area contributed by atoms with Crippen LogP contribution in [-0.2, 0) is 10.8 Å². The van der Waals surface area contributed by atoms with Crippen molar-refractivity contribution in [1.29, 1.82) is 0 Å². The fourth-order valence-electron chi connectivity index (χ4n) is 8.06. The molecule has 0 unspecified atom stereocenters. The van der Waals surface area contributed by atoms with Crippen LogP contribution < -0.4 is 0 Å². The maximum absolute atomic E-state index is 14.8. The lowest BCUT2D eigenvalue weighted by atomic mass is 9.79. The van der Waals surface area contributed by atoms with E-state index in [1.165, 1.54) is 28.0 Å². The van der Waals surface area contributed by atoms with Crippen molar-refractivity contribution in [2.24, 2.45) is 0 Å². The average Bonchev–Trinajstić information content (AvgIpc) is 3.59. The summed E-state index contributed by atoms with van der Waals surface area (Å²) in [5.41, 5.74) is 14.0. The van der Waals surface area contributed by atoms with Gasteiger partial charge in [-0.15, -0.1) is 0 Å². The highest BCUT2D eigenvalue weighted by molar-refractivity contribution is 6.13. The highest BCUT2D eigenvalue weighted by atomic mass is 19.1. The lowest BCUT2D eigenvalue weighted by molar-refractivity contribution is 0.434. The van der Waals surface area contributed by atoms with Crippen LogP contribution in [0.2, 0.25) is 0 Å². The first-order valence-corrected chi connectivity index (χ1v) is 20.1. The zero-order chi connectivity index (χ0) is 41.1. The molecule has 4 nitrogen and oxygen atoms in total. The van der Waals surface area contributed by atoms with Gasteiger partial charge in [-0.3, -0.25) is 4.98 Å². The predicted molar refractivity (Wildman–Crippen MR) is 243 cm³/mol. The van der Waals surface area contributed by atoms with Crippen LogP contribution in [-0.4, -0.2) is 19.6 Å². The minimum Gasteiger partial charge on any atom is -0.504 e. The highest BCUT2D eigenvalue weighted by Gasteiger charge is 2.23. The van der Waals surface area contributed by atoms with Crippen molar-refractivity contribution in [3.8, 4) is 67.5 Å². The Morgan fingerprint density at radius 3 is 1.83 bits per heavy atom. The number of hydrogen-bond acceptors (Lipinski definition) is 3. The first kappa shape index (κ1) is 37.7. The number of phenols is 1. The third-order valence-electron chi connectivity index (χ3n) is 11.3. The molecular weight excluding hydrogens is 726 g/mol. The van der Waals surface area contributed by atoms with Crippen molar-refractivity contribution in [3.63, 3.8) is 0 Å². The molecule has 9 aromatic rings. The fraction of sp³-hybridized carbons (Fsp3) is 0.148. The zero-order valence-corrected chi connectivity index (χ0v) is 34.3. The van der Waals surface area contributed by atoms with Crippen molar-refractivity contribution in [3.05, 3.63) is 181 Å². The monoisotopic (exact) mass is 771 g/mol. The number of para-hydroxylation sites is 4. The van der Waals surface area contributed by atoms with Crippen molar-refractivity contribution in [1.82, 2.24) is 14.5 Å². The van der Waals surface area contributed by atoms with E-state index in [1.54, 1.807) is 12.1 Å². The summed E-state index contributed by atoms with van der Waals surface area (Å²) in [5, 5.41) is 13.3. The molecule has 6 aromatic carbocycles. The molecule has 3 heterocycles. The lowest BCUT2D eigenvalue weighted by Gasteiger charge is -2.26. The van der Waals surface area contributed by atoms with Gasteiger partial charge in [0.05, 0.1) is 28.1 Å². The number of rotatable bonds is 6. The quantitative estimate of drug-likeness (QED) is 0.183. The second-order valence-electron chi connectivity index (χ2n) is 17.5. The third kappa shape index (κ3) is 7.08. The number of phenolic OH excluding ortho intramolecular Hbond substituents is 1. The van der Waals surface area contributed by atoms with Gasteiger partial charge in [0.25, 0.3) is 0 Å². The summed E-state index contributed by atoms with van der Waals surface area (Å²) in [7, 11) is 0. The van der Waals surface area contributed by atoms with Gasteiger partial charge in [0, 0.05) is 44.9 Å². The number of aromatic nitrogens is 3. The molecule has 0 bridgehead atoms. The van der Waals surface area contributed by atoms with Crippen molar-refractivity contribution in [2.45, 2.75) is 52.4 Å². The Morgan fingerprint density at radius 2 is 1.08 bits per heavy atom. The molecule has 0 spiro atoms. The maximum Gasteiger partial charge on any atom is 0.165 e. The summed E-state index contributed by atoms with van der Waals surface area (Å²) >= 11 is 0. The predicted octanol–water partition coefficient (Wildman–Crippen LogP) is 14.3. The van der Waals surface area contributed by atoms with Crippen LogP contribution >= 0.6 is 0 Å². The second-order valence-corrected chi connectivity index (χ2v) is 17.5. The third-order valence-corrected chi connectivity index (χ3v) is 11.3. The summed E-state index contributed by atoms with van der Waals surface area (Å²) in [6.45, 7) is 13.4. The van der Waals surface area contributed by atoms with E-state index < -0.39 is 11.6 Å². The molecule has 1 N–H and O–H groups in total. The summed E-state index contributed by atoms with van der Waals surface area (Å²) < 4.78 is 17.2. The molecule has 0 saturated carbocycles. The Bertz CT molecular complexity index is 3010. The molecule has 59 heavy (non-hydrogen) atoms. The SMILES string of the molecule is CC(C)(C)c1cc(-c2cc(-c3cccc(-c4cc(-c5cccc6c7ccccc7n(-c7ccccc7)c56)ccn4)c3)nc(-c3cccc(F)c3O)c2)cc(C(C)(C)C)c1. The summed E-state index contributed by atoms with van der Waals surface area (Å²) in [5.74, 6) is -1.10. The molecule has 0 saturated heterocycles. The molecule has 0 radical (unpaired) electrons. The van der Waals surface area contributed by atoms with Crippen LogP contribution in [0.1, 0.15) is 52.7 Å². The Morgan fingerprint density at radius 1 is 0.492 bits per heavy atom. The number of pyridine rings is 2. The number of nitrogens with zero attached hydrogens (tertiary/aromatic N) is 3. The standard InChI is InChI=1S/C54H46FN3O/c1-53(2,3)39-28-37(29-40(33-39)54(4,5)6)38-31-48(57-49(32-38)45-22-14-23-46(55)52(45)59)36-16-12-15-35(27-36)47-30-34(25-26-56-47)42-20-13-21-44-43-19-10-11-24-50(43)58(51(42)44)41-17-8-7-9-18-41/h7-33,59H,1-6H3. The number of benzene rings is 6. The van der Waals surface area contributed by atoms with E-state index in [9.17, 15) is 9.50 Å². The van der Waals surface area contributed by atoms with E-state index in [1.807, 2.05) is 30.5 Å². The molecule has 3 aromatic heterocycles. The maximum atomic E-state index is 14.8. The molecular formula is C54H46FN3O. The van der Waals surface area contributed by atoms with E-state index in [4.69, 9.17) is 9.97 Å². The Balaban J connectivity index is 1.19. The molecule has 0 amide bonds. The van der Waals surface area contributed by atoms with E-state index >= 15 is 0 Å². The van der Waals surface area contributed by atoms with Gasteiger partial charge in [0.15, 0.2) is 11.6 Å². The van der Waals surface area contributed by atoms with Crippen LogP contribution in [0, 0.1) is 5.82 Å². The number of aromatic hydroxyl groups is 1. The Kier molecular flexibility index (Phi) is 9.28. The van der Waals surface area contributed by atoms with Gasteiger partial charge in [-0.25, -0.2) is 9.37 Å². The summed E-state index contributed by atoms with van der Waals surface area (Å²) in [6, 6.07) is 53.5. The smallest absolute Gasteiger partial charge is 0.165 e. The zero-order valence-electron chi connectivity index (χ0n) is 34.3. The van der Waals surface area contributed by atoms with Crippen molar-refractivity contribution in [2.75, 3.05) is 0 Å². The Labute approximate surface area is 345 Å². The van der Waals surface area contributed by atoms with Crippen LogP contribution in [0.3, 0.4) is 0 Å². The Hall–Kier alpha value is -6.85. The van der Waals surface area contributed by atoms with Gasteiger partial charge in [0.1, 0.15) is 0 Å². The first-order chi connectivity index (χ1) is 28.3. The lowest BCUT2D eigenvalue weighted by Crippen LogP contribution is -2.16. The number of hydrogen-bond donors (Lipinski definition) is 1. The van der Waals surface area contributed by atoms with Gasteiger partial charge in [0.2, 0.25) is 0 Å². The van der Waals surface area contributed by atoms with Crippen molar-refractivity contribution < 1.29 is 9.50 Å². The number of halogens is 1. The van der Waals surface area contributed by atoms with Gasteiger partial charge in [-0.05, 0) is 99.3 Å². The molecule has 0 atom stereocenters. The normalized spacial score (nSPS) is 12.1. The molecule has 0 aliphatic carbocycles.